The van der Waals surface area contributed by atoms with Crippen LogP contribution in [0.25, 0.3) is 0 Å². The maximum absolute atomic E-state index is 8.12. The van der Waals surface area contributed by atoms with Crippen molar-refractivity contribution < 1.29 is 45.0 Å². The first-order valence-electron chi connectivity index (χ1n) is 0.408. The molecule has 0 aliphatic rings. The minimum atomic E-state index is 0. The Labute approximate surface area is 55.3 Å². The zero-order valence-corrected chi connectivity index (χ0v) is 7.19. The van der Waals surface area contributed by atoms with Gasteiger partial charge in [-0.1, -0.05) is 0 Å². The number of hydrogen-bond acceptors (Lipinski definition) is 2. The van der Waals surface area contributed by atoms with Gasteiger partial charge in [-0.3, -0.25) is 10.1 Å². The molecule has 0 aromatic heterocycles. The number of hydrogen-bond donors (Lipinski definition) is 1. The number of nitrogens with one attached hydrogen (secondary N) is 1. The van der Waals surface area contributed by atoms with Gasteiger partial charge in [0, 0.05) is 32.6 Å². The Kier molecular flexibility index (Phi) is 81.0. The first-order chi connectivity index (χ1) is 1.41. The summed E-state index contributed by atoms with van der Waals surface area (Å²) in [5.74, 6) is 0. The summed E-state index contributed by atoms with van der Waals surface area (Å²) in [5.41, 5.74) is 0. The number of rotatable bonds is 0. The van der Waals surface area contributed by atoms with E-state index in [0.29, 0.717) is 0 Å². The van der Waals surface area contributed by atoms with E-state index in [-0.39, 0.29) is 45.0 Å². The molecule has 0 rings (SSSR count). The Morgan fingerprint density at radius 3 is 1.60 bits per heavy atom. The van der Waals surface area contributed by atoms with E-state index in [1.807, 2.05) is 0 Å². The minimum Gasteiger partial charge on any atom is -1.00 e. The molecule has 0 radical (unpaired) electrons. The van der Waals surface area contributed by atoms with Gasteiger partial charge in [0.05, 0.1) is 0 Å². The standard InChI is InChI=1S/Cd.ClH.HNO2/c;;2-1-3/h;1H;1H/p-1. The summed E-state index contributed by atoms with van der Waals surface area (Å²) in [4.78, 5) is 8.12. The zero-order chi connectivity index (χ0) is 2.71. The molecule has 0 aliphatic carbocycles. The Morgan fingerprint density at radius 2 is 1.60 bits per heavy atom. The van der Waals surface area contributed by atoms with Crippen LogP contribution < -0.4 is 17.7 Å². The summed E-state index contributed by atoms with van der Waals surface area (Å²) in [7, 11) is 0. The largest absolute Gasteiger partial charge is 1.00 e. The summed E-state index contributed by atoms with van der Waals surface area (Å²) < 4.78 is 0. The van der Waals surface area contributed by atoms with E-state index in [1.54, 1.807) is 0 Å². The van der Waals surface area contributed by atoms with Gasteiger partial charge in [-0.2, -0.15) is 0 Å². The van der Waals surface area contributed by atoms with Crippen molar-refractivity contribution in [3.63, 3.8) is 0 Å². The molecule has 3 nitrogen and oxygen atoms in total. The van der Waals surface area contributed by atoms with E-state index in [1.165, 1.54) is 0 Å². The molecule has 0 aromatic carbocycles. The van der Waals surface area contributed by atoms with Gasteiger partial charge < -0.3 is 12.4 Å². The summed E-state index contributed by atoms with van der Waals surface area (Å²) in [6, 6.07) is 0. The van der Waals surface area contributed by atoms with Gasteiger partial charge in [-0.05, 0) is 0 Å². The van der Waals surface area contributed by atoms with E-state index in [9.17, 15) is 0 Å². The van der Waals surface area contributed by atoms with Crippen molar-refractivity contribution in [1.29, 1.82) is 0 Å². The van der Waals surface area contributed by atoms with Crippen LogP contribution in [-0.4, -0.2) is 0 Å². The van der Waals surface area contributed by atoms with Crippen LogP contribution in [0.15, 0.2) is 0 Å². The van der Waals surface area contributed by atoms with Gasteiger partial charge in [0.1, 0.15) is 0 Å². The zero-order valence-electron chi connectivity index (χ0n) is 2.40. The maximum atomic E-state index is 8.12. The third kappa shape index (κ3) is 84.0. The summed E-state index contributed by atoms with van der Waals surface area (Å²) in [5, 5.41) is 8.38. The Bertz CT molecular complexity index is 17.1. The summed E-state index contributed by atoms with van der Waals surface area (Å²) >= 11 is 0. The minimum absolute atomic E-state index is 0. The van der Waals surface area contributed by atoms with Crippen molar-refractivity contribution in [2.24, 2.45) is 0 Å². The van der Waals surface area contributed by atoms with Crippen LogP contribution in [-0.2, 0) is 27.3 Å². The van der Waals surface area contributed by atoms with Crippen LogP contribution in [0.3, 0.4) is 0 Å². The van der Waals surface area contributed by atoms with E-state index >= 15 is 0 Å². The molecule has 0 aromatic rings. The fourth-order valence-electron chi connectivity index (χ4n) is 0. The molecule has 28 valence electrons. The van der Waals surface area contributed by atoms with Crippen LogP contribution in [0.4, 0.5) is 0 Å². The van der Waals surface area contributed by atoms with Gasteiger partial charge in [-0.15, -0.1) is 0 Å². The molecular formula is HCdClNO2-. The Balaban J connectivity index is -0.0000000200. The SMILES string of the molecule is O=[NH+][O-].[Cd].[Cl-]. The third-order valence-electron chi connectivity index (χ3n) is 0. The van der Waals surface area contributed by atoms with Crippen LogP contribution >= 0.6 is 0 Å². The molecule has 0 unspecified atom stereocenters. The van der Waals surface area contributed by atoms with Gasteiger partial charge in [0.15, 0.2) is 0 Å². The maximum Gasteiger partial charge on any atom is 0.00366 e. The van der Waals surface area contributed by atoms with Crippen molar-refractivity contribution in [2.75, 3.05) is 0 Å². The second-order valence-corrected chi connectivity index (χ2v) is 0.0833. The predicted octanol–water partition coefficient (Wildman–Crippen LogP) is -4.67. The second kappa shape index (κ2) is 23.2. The third-order valence-corrected chi connectivity index (χ3v) is 0. The average molecular weight is 195 g/mol. The molecule has 5 heavy (non-hydrogen) atoms. The molecule has 5 heteroatoms. The normalized spacial score (nSPS) is 2.40. The van der Waals surface area contributed by atoms with E-state index in [4.69, 9.17) is 10.1 Å². The smallest absolute Gasteiger partial charge is 0.00366 e. The van der Waals surface area contributed by atoms with Crippen LogP contribution in [0, 0.1) is 10.1 Å². The fraction of sp³-hybridized carbons (Fsp3) is 0. The van der Waals surface area contributed by atoms with Crippen molar-refractivity contribution in [1.82, 2.24) is 0 Å². The fourth-order valence-corrected chi connectivity index (χ4v) is 0. The van der Waals surface area contributed by atoms with E-state index in [0.717, 1.165) is 0 Å². The Hall–Kier alpha value is 0.612. The van der Waals surface area contributed by atoms with Crippen LogP contribution in [0.1, 0.15) is 0 Å². The molecule has 1 N–H and O–H groups in total. The van der Waals surface area contributed by atoms with Gasteiger partial charge in [-0.25, -0.2) is 0 Å². The molecule has 0 heterocycles. The van der Waals surface area contributed by atoms with Gasteiger partial charge >= 0.3 is 0 Å². The van der Waals surface area contributed by atoms with Crippen LogP contribution in [0.5, 0.6) is 0 Å². The molecule has 0 amide bonds. The number of halogens is 1. The monoisotopic (exact) mass is 196 g/mol. The topological polar surface area (TPSA) is 54.1 Å². The van der Waals surface area contributed by atoms with E-state index in [2.05, 4.69) is 0 Å². The van der Waals surface area contributed by atoms with Gasteiger partial charge in [0.25, 0.3) is 0 Å². The first-order valence-corrected chi connectivity index (χ1v) is 0.408. The van der Waals surface area contributed by atoms with Crippen molar-refractivity contribution >= 4 is 0 Å². The van der Waals surface area contributed by atoms with E-state index < -0.39 is 0 Å². The molecule has 0 atom stereocenters. The molecule has 0 spiro atoms. The Morgan fingerprint density at radius 1 is 1.60 bits per heavy atom. The summed E-state index contributed by atoms with van der Waals surface area (Å²) in [6.45, 7) is 0. The van der Waals surface area contributed by atoms with Crippen molar-refractivity contribution in [3.05, 3.63) is 10.1 Å². The van der Waals surface area contributed by atoms with Gasteiger partial charge in [0.2, 0.25) is 0 Å². The molecule has 0 fully saturated rings. The average Bonchev–Trinajstić information content (AvgIpc) is 0.918. The van der Waals surface area contributed by atoms with Crippen molar-refractivity contribution in [3.8, 4) is 0 Å². The summed E-state index contributed by atoms with van der Waals surface area (Å²) in [6.07, 6.45) is 0. The van der Waals surface area contributed by atoms with Crippen molar-refractivity contribution in [2.45, 2.75) is 0 Å². The molecule has 0 bridgehead atoms. The molecular weight excluding hydrogens is 194 g/mol. The first kappa shape index (κ1) is 17.5. The molecule has 0 aliphatic heterocycles. The quantitative estimate of drug-likeness (QED) is 0.240. The van der Waals surface area contributed by atoms with Crippen LogP contribution in [0.2, 0.25) is 0 Å². The second-order valence-electron chi connectivity index (χ2n) is 0.0833. The molecule has 0 saturated heterocycles. The molecule has 0 saturated carbocycles. The predicted molar refractivity (Wildman–Crippen MR) is 7.70 cm³/mol.